The molecule has 3 fully saturated rings. The largest absolute Gasteiger partial charge is 0.496 e. The summed E-state index contributed by atoms with van der Waals surface area (Å²) in [5.74, 6) is 0.323. The van der Waals surface area contributed by atoms with Crippen molar-refractivity contribution in [2.75, 3.05) is 61.1 Å². The lowest BCUT2D eigenvalue weighted by Crippen LogP contribution is -2.53. The van der Waals surface area contributed by atoms with E-state index in [1.165, 1.54) is 0 Å². The van der Waals surface area contributed by atoms with Gasteiger partial charge in [-0.2, -0.15) is 0 Å². The minimum Gasteiger partial charge on any atom is -0.496 e. The normalized spacial score (nSPS) is 21.3. The summed E-state index contributed by atoms with van der Waals surface area (Å²) in [6, 6.07) is 7.89. The Balaban J connectivity index is 0.916. The quantitative estimate of drug-likeness (QED) is 0.191. The SMILES string of the molecule is COc1cc(-c2cn(C)c(=O)c3c2CCN(C(=O)NC2CCC4(CCN(CCOc5ccc(C(=O)N(C=O)C6CCC(=O)NC6=O)c(C)c5)C4)C2)C3)cc(OC)c1CN(C)C. The van der Waals surface area contributed by atoms with E-state index in [-0.39, 0.29) is 48.0 Å². The molecular formula is C45H57N7O9. The zero-order chi connectivity index (χ0) is 43.6. The number of ether oxygens (including phenoxy) is 3. The van der Waals surface area contributed by atoms with Crippen LogP contribution in [-0.2, 0) is 40.9 Å². The van der Waals surface area contributed by atoms with Gasteiger partial charge in [0.15, 0.2) is 0 Å². The Labute approximate surface area is 356 Å². The number of fused-ring (bicyclic) bond motifs is 1. The summed E-state index contributed by atoms with van der Waals surface area (Å²) in [6.45, 7) is 6.13. The van der Waals surface area contributed by atoms with Crippen molar-refractivity contribution in [2.45, 2.75) is 77.0 Å². The van der Waals surface area contributed by atoms with Crippen LogP contribution in [-0.4, -0.2) is 128 Å². The summed E-state index contributed by atoms with van der Waals surface area (Å²) < 4.78 is 19.3. The third-order valence-corrected chi connectivity index (χ3v) is 12.8. The summed E-state index contributed by atoms with van der Waals surface area (Å²) >= 11 is 0. The van der Waals surface area contributed by atoms with Crippen molar-refractivity contribution in [1.82, 2.24) is 34.8 Å². The van der Waals surface area contributed by atoms with Crippen LogP contribution in [0.5, 0.6) is 17.2 Å². The number of benzene rings is 2. The fourth-order valence-corrected chi connectivity index (χ4v) is 9.63. The number of rotatable bonds is 13. The molecule has 16 nitrogen and oxygen atoms in total. The van der Waals surface area contributed by atoms with Crippen LogP contribution in [0.3, 0.4) is 0 Å². The van der Waals surface area contributed by atoms with Crippen LogP contribution in [0.2, 0.25) is 0 Å². The van der Waals surface area contributed by atoms with E-state index in [0.717, 1.165) is 72.5 Å². The van der Waals surface area contributed by atoms with Gasteiger partial charge in [-0.3, -0.25) is 39.1 Å². The van der Waals surface area contributed by atoms with Gasteiger partial charge in [-0.15, -0.1) is 0 Å². The summed E-state index contributed by atoms with van der Waals surface area (Å²) in [5.41, 5.74) is 5.23. The number of hydrogen-bond acceptors (Lipinski definition) is 11. The monoisotopic (exact) mass is 839 g/mol. The number of urea groups is 1. The lowest BCUT2D eigenvalue weighted by atomic mass is 9.85. The number of methoxy groups -OCH3 is 2. The number of pyridine rings is 1. The van der Waals surface area contributed by atoms with Crippen molar-refractivity contribution < 1.29 is 38.2 Å². The maximum Gasteiger partial charge on any atom is 0.317 e. The molecule has 3 unspecified atom stereocenters. The maximum absolute atomic E-state index is 13.8. The van der Waals surface area contributed by atoms with Gasteiger partial charge in [-0.1, -0.05) is 0 Å². The molecule has 6 amide bonds. The number of likely N-dealkylation sites (tertiary alicyclic amines) is 1. The van der Waals surface area contributed by atoms with Crippen LogP contribution >= 0.6 is 0 Å². The highest BCUT2D eigenvalue weighted by atomic mass is 16.5. The Bertz CT molecular complexity index is 2250. The minimum absolute atomic E-state index is 0.0502. The maximum atomic E-state index is 13.8. The van der Waals surface area contributed by atoms with Crippen molar-refractivity contribution in [3.05, 3.63) is 74.7 Å². The molecule has 3 aliphatic heterocycles. The first-order valence-corrected chi connectivity index (χ1v) is 21.0. The molecule has 7 rings (SSSR count). The van der Waals surface area contributed by atoms with Gasteiger partial charge in [-0.25, -0.2) is 4.79 Å². The van der Waals surface area contributed by atoms with E-state index < -0.39 is 23.8 Å². The van der Waals surface area contributed by atoms with Crippen molar-refractivity contribution in [1.29, 1.82) is 0 Å². The second-order valence-corrected chi connectivity index (χ2v) is 17.2. The van der Waals surface area contributed by atoms with E-state index in [2.05, 4.69) is 20.4 Å². The van der Waals surface area contributed by atoms with Crippen LogP contribution in [0.25, 0.3) is 11.1 Å². The molecule has 3 atom stereocenters. The van der Waals surface area contributed by atoms with Gasteiger partial charge >= 0.3 is 6.03 Å². The Morgan fingerprint density at radius 2 is 1.75 bits per heavy atom. The van der Waals surface area contributed by atoms with Crippen LogP contribution < -0.4 is 30.4 Å². The number of carbonyl (C=O) groups excluding carboxylic acids is 5. The first-order chi connectivity index (χ1) is 29.2. The van der Waals surface area contributed by atoms with Gasteiger partial charge in [0.25, 0.3) is 11.5 Å². The lowest BCUT2D eigenvalue weighted by molar-refractivity contribution is -0.139. The second-order valence-electron chi connectivity index (χ2n) is 17.2. The number of amides is 6. The first-order valence-electron chi connectivity index (χ1n) is 21.0. The number of imide groups is 2. The Morgan fingerprint density at radius 1 is 1.00 bits per heavy atom. The number of aryl methyl sites for hydroxylation is 2. The minimum atomic E-state index is -1.04. The number of hydrogen-bond donors (Lipinski definition) is 2. The zero-order valence-corrected chi connectivity index (χ0v) is 36.0. The molecule has 1 aromatic heterocycles. The predicted octanol–water partition coefficient (Wildman–Crippen LogP) is 3.23. The van der Waals surface area contributed by atoms with E-state index in [1.54, 1.807) is 55.9 Å². The molecule has 1 aliphatic carbocycles. The Kier molecular flexibility index (Phi) is 12.9. The molecule has 2 aromatic carbocycles. The van der Waals surface area contributed by atoms with Gasteiger partial charge in [0.1, 0.15) is 29.9 Å². The summed E-state index contributed by atoms with van der Waals surface area (Å²) in [7, 11) is 9.02. The van der Waals surface area contributed by atoms with E-state index >= 15 is 0 Å². The van der Waals surface area contributed by atoms with Gasteiger partial charge < -0.3 is 33.9 Å². The van der Waals surface area contributed by atoms with E-state index in [1.807, 2.05) is 32.4 Å². The molecule has 3 aromatic rings. The Hall–Kier alpha value is -5.74. The molecule has 2 N–H and O–H groups in total. The first kappa shape index (κ1) is 43.4. The van der Waals surface area contributed by atoms with Gasteiger partial charge in [0, 0.05) is 68.6 Å². The molecule has 4 aliphatic rings. The average Bonchev–Trinajstić information content (AvgIpc) is 3.83. The third-order valence-electron chi connectivity index (χ3n) is 12.8. The number of nitrogens with one attached hydrogen (secondary N) is 2. The highest BCUT2D eigenvalue weighted by Gasteiger charge is 2.45. The highest BCUT2D eigenvalue weighted by Crippen LogP contribution is 2.45. The molecule has 1 saturated carbocycles. The second kappa shape index (κ2) is 18.1. The molecule has 326 valence electrons. The van der Waals surface area contributed by atoms with Gasteiger partial charge in [0.2, 0.25) is 18.2 Å². The smallest absolute Gasteiger partial charge is 0.317 e. The van der Waals surface area contributed by atoms with Crippen LogP contribution in [0.1, 0.15) is 71.1 Å². The lowest BCUT2D eigenvalue weighted by Gasteiger charge is -2.32. The molecular weight excluding hydrogens is 783 g/mol. The predicted molar refractivity (Wildman–Crippen MR) is 226 cm³/mol. The third kappa shape index (κ3) is 9.15. The molecule has 0 bridgehead atoms. The van der Waals surface area contributed by atoms with E-state index in [9.17, 15) is 28.8 Å². The molecule has 0 radical (unpaired) electrons. The fourth-order valence-electron chi connectivity index (χ4n) is 9.63. The van der Waals surface area contributed by atoms with Crippen LogP contribution in [0.15, 0.2) is 41.3 Å². The van der Waals surface area contributed by atoms with Gasteiger partial charge in [-0.05, 0) is 119 Å². The van der Waals surface area contributed by atoms with Gasteiger partial charge in [0.05, 0.1) is 26.3 Å². The number of piperidine rings is 1. The fraction of sp³-hybridized carbons (Fsp3) is 0.511. The standard InChI is InChI=1S/C45H57N7O9/c1-28-19-31(7-8-32(28)43(57)52(27-53)37-9-10-40(54)47-41(37)55)61-18-17-50-16-14-45(26-50)13-11-30(22-45)46-44(58)51-15-12-33-34(24-49(4)42(56)35(33)25-51)29-20-38(59-5)36(23-48(2)3)39(21-29)60-6/h7-8,19-21,24,27,30,37H,9-18,22-23,25-26H2,1-6H3,(H,46,58)(H,47,54,55). The van der Waals surface area contributed by atoms with Crippen molar-refractivity contribution in [2.24, 2.45) is 12.5 Å². The average molecular weight is 840 g/mol. The van der Waals surface area contributed by atoms with Crippen LogP contribution in [0, 0.1) is 12.3 Å². The molecule has 61 heavy (non-hydrogen) atoms. The topological polar surface area (TPSA) is 172 Å². The van der Waals surface area contributed by atoms with Crippen molar-refractivity contribution in [3.8, 4) is 28.4 Å². The Morgan fingerprint density at radius 3 is 2.43 bits per heavy atom. The van der Waals surface area contributed by atoms with Crippen LogP contribution in [0.4, 0.5) is 4.79 Å². The molecule has 2 saturated heterocycles. The molecule has 4 heterocycles. The zero-order valence-electron chi connectivity index (χ0n) is 36.0. The number of nitrogens with zero attached hydrogens (tertiary/aromatic N) is 5. The summed E-state index contributed by atoms with van der Waals surface area (Å²) in [4.78, 5) is 83.3. The molecule has 1 spiro atoms. The highest BCUT2D eigenvalue weighted by molar-refractivity contribution is 6.07. The van der Waals surface area contributed by atoms with Crippen molar-refractivity contribution >= 4 is 30.2 Å². The van der Waals surface area contributed by atoms with Crippen molar-refractivity contribution in [3.63, 3.8) is 0 Å². The number of carbonyl (C=O) groups is 5. The molecule has 16 heteroatoms. The summed E-state index contributed by atoms with van der Waals surface area (Å²) in [6.07, 6.45) is 6.75. The number of aromatic nitrogens is 1. The van der Waals surface area contributed by atoms with E-state index in [4.69, 9.17) is 14.2 Å². The summed E-state index contributed by atoms with van der Waals surface area (Å²) in [5, 5.41) is 5.50. The van der Waals surface area contributed by atoms with E-state index in [0.29, 0.717) is 60.9 Å².